The Labute approximate surface area is 73.8 Å². The van der Waals surface area contributed by atoms with Crippen LogP contribution in [0.15, 0.2) is 12.2 Å². The Balaban J connectivity index is 0. The van der Waals surface area contributed by atoms with Gasteiger partial charge in [-0.1, -0.05) is 34.1 Å². The SMILES string of the molecule is CC.CCC.O=C1C=CC(=O)N1. The third kappa shape index (κ3) is 8.88. The summed E-state index contributed by atoms with van der Waals surface area (Å²) in [4.78, 5) is 20.1. The molecule has 1 N–H and O–H groups in total. The van der Waals surface area contributed by atoms with Gasteiger partial charge in [0.15, 0.2) is 0 Å². The van der Waals surface area contributed by atoms with Crippen molar-refractivity contribution < 1.29 is 9.59 Å². The van der Waals surface area contributed by atoms with Crippen LogP contribution in [0.4, 0.5) is 0 Å². The van der Waals surface area contributed by atoms with Crippen LogP contribution in [0, 0.1) is 0 Å². The van der Waals surface area contributed by atoms with Crippen molar-refractivity contribution >= 4 is 11.8 Å². The molecule has 0 unspecified atom stereocenters. The van der Waals surface area contributed by atoms with E-state index in [0.717, 1.165) is 0 Å². The molecule has 3 nitrogen and oxygen atoms in total. The first-order valence-corrected chi connectivity index (χ1v) is 4.23. The smallest absolute Gasteiger partial charge is 0.250 e. The van der Waals surface area contributed by atoms with E-state index in [1.54, 1.807) is 0 Å². The van der Waals surface area contributed by atoms with Crippen LogP contribution in [-0.4, -0.2) is 11.8 Å². The second-order valence-corrected chi connectivity index (χ2v) is 1.89. The molecule has 0 aromatic rings. The maximum absolute atomic E-state index is 10.0. The molecule has 3 heteroatoms. The monoisotopic (exact) mass is 171 g/mol. The summed E-state index contributed by atoms with van der Waals surface area (Å²) in [6.45, 7) is 8.25. The van der Waals surface area contributed by atoms with Crippen molar-refractivity contribution in [2.75, 3.05) is 0 Å². The number of nitrogens with one attached hydrogen (secondary N) is 1. The Bertz CT molecular complexity index is 146. The Kier molecular flexibility index (Phi) is 11.1. The lowest BCUT2D eigenvalue weighted by Crippen LogP contribution is -2.19. The standard InChI is InChI=1S/C4H3NO2.C3H8.C2H6/c6-3-1-2-4(7)5-3;1-3-2;1-2/h1-2H,(H,5,6,7);3H2,1-2H3;1-2H3. The predicted molar refractivity (Wildman–Crippen MR) is 49.6 cm³/mol. The van der Waals surface area contributed by atoms with Gasteiger partial charge in [-0.25, -0.2) is 0 Å². The van der Waals surface area contributed by atoms with Gasteiger partial charge >= 0.3 is 0 Å². The molecule has 1 aliphatic rings. The van der Waals surface area contributed by atoms with Crippen LogP contribution in [0.1, 0.15) is 34.1 Å². The van der Waals surface area contributed by atoms with Gasteiger partial charge in [0.1, 0.15) is 0 Å². The molecule has 1 heterocycles. The van der Waals surface area contributed by atoms with Crippen LogP contribution in [-0.2, 0) is 9.59 Å². The Morgan fingerprint density at radius 3 is 1.42 bits per heavy atom. The molecule has 12 heavy (non-hydrogen) atoms. The fourth-order valence-corrected chi connectivity index (χ4v) is 0.356. The topological polar surface area (TPSA) is 46.2 Å². The first-order chi connectivity index (χ1) is 5.70. The second-order valence-electron chi connectivity index (χ2n) is 1.89. The maximum Gasteiger partial charge on any atom is 0.250 e. The van der Waals surface area contributed by atoms with Crippen molar-refractivity contribution in [3.05, 3.63) is 12.2 Å². The zero-order valence-corrected chi connectivity index (χ0v) is 8.18. The van der Waals surface area contributed by atoms with Gasteiger partial charge in [-0.3, -0.25) is 14.9 Å². The molecule has 1 aliphatic heterocycles. The molecule has 0 saturated heterocycles. The highest BCUT2D eigenvalue weighted by Crippen LogP contribution is 1.82. The average Bonchev–Trinajstić information content (AvgIpc) is 2.40. The molecule has 0 aromatic heterocycles. The van der Waals surface area contributed by atoms with Gasteiger partial charge in [0.05, 0.1) is 0 Å². The van der Waals surface area contributed by atoms with Crippen molar-refractivity contribution in [3.8, 4) is 0 Å². The van der Waals surface area contributed by atoms with Crippen molar-refractivity contribution in [2.45, 2.75) is 34.1 Å². The third-order valence-corrected chi connectivity index (χ3v) is 0.632. The summed E-state index contributed by atoms with van der Waals surface area (Å²) in [5, 5.41) is 2.03. The van der Waals surface area contributed by atoms with E-state index in [4.69, 9.17) is 0 Å². The molecule has 0 aromatic carbocycles. The van der Waals surface area contributed by atoms with Crippen LogP contribution in [0.2, 0.25) is 0 Å². The number of amides is 2. The summed E-state index contributed by atoms with van der Waals surface area (Å²) in [6, 6.07) is 0. The van der Waals surface area contributed by atoms with Crippen molar-refractivity contribution in [3.63, 3.8) is 0 Å². The Morgan fingerprint density at radius 2 is 1.33 bits per heavy atom. The van der Waals surface area contributed by atoms with Gasteiger partial charge in [0.2, 0.25) is 0 Å². The average molecular weight is 171 g/mol. The third-order valence-electron chi connectivity index (χ3n) is 0.632. The normalized spacial score (nSPS) is 12.3. The summed E-state index contributed by atoms with van der Waals surface area (Å²) >= 11 is 0. The fourth-order valence-electron chi connectivity index (χ4n) is 0.356. The number of carbonyl (C=O) groups excluding carboxylic acids is 2. The first kappa shape index (κ1) is 13.5. The quantitative estimate of drug-likeness (QED) is 0.563. The van der Waals surface area contributed by atoms with Crippen molar-refractivity contribution in [1.29, 1.82) is 0 Å². The van der Waals surface area contributed by atoms with E-state index in [2.05, 4.69) is 13.8 Å². The molecule has 0 bridgehead atoms. The van der Waals surface area contributed by atoms with Gasteiger partial charge in [-0.05, 0) is 0 Å². The predicted octanol–water partition coefficient (Wildman–Crippen LogP) is 1.64. The van der Waals surface area contributed by atoms with Crippen LogP contribution >= 0.6 is 0 Å². The molecule has 70 valence electrons. The van der Waals surface area contributed by atoms with E-state index < -0.39 is 0 Å². The Morgan fingerprint density at radius 1 is 1.08 bits per heavy atom. The number of hydrogen-bond donors (Lipinski definition) is 1. The highest BCUT2D eigenvalue weighted by molar-refractivity contribution is 6.12. The lowest BCUT2D eigenvalue weighted by atomic mass is 10.6. The van der Waals surface area contributed by atoms with Crippen molar-refractivity contribution in [2.24, 2.45) is 0 Å². The Hall–Kier alpha value is -1.12. The molecular formula is C9H17NO2. The molecule has 0 fully saturated rings. The van der Waals surface area contributed by atoms with Crippen LogP contribution in [0.5, 0.6) is 0 Å². The van der Waals surface area contributed by atoms with Gasteiger partial charge in [0.25, 0.3) is 11.8 Å². The molecular weight excluding hydrogens is 154 g/mol. The largest absolute Gasteiger partial charge is 0.289 e. The van der Waals surface area contributed by atoms with Gasteiger partial charge in [0, 0.05) is 12.2 Å². The molecule has 0 spiro atoms. The highest BCUT2D eigenvalue weighted by Gasteiger charge is 2.06. The summed E-state index contributed by atoms with van der Waals surface area (Å²) in [5.74, 6) is -0.657. The zero-order valence-electron chi connectivity index (χ0n) is 8.18. The fraction of sp³-hybridized carbons (Fsp3) is 0.556. The van der Waals surface area contributed by atoms with E-state index in [9.17, 15) is 9.59 Å². The van der Waals surface area contributed by atoms with E-state index in [1.165, 1.54) is 18.6 Å². The van der Waals surface area contributed by atoms with Crippen LogP contribution in [0.25, 0.3) is 0 Å². The molecule has 2 amide bonds. The van der Waals surface area contributed by atoms with Gasteiger partial charge in [-0.15, -0.1) is 0 Å². The zero-order chi connectivity index (χ0) is 9.98. The summed E-state index contributed by atoms with van der Waals surface area (Å²) in [7, 11) is 0. The van der Waals surface area contributed by atoms with E-state index in [1.807, 2.05) is 19.2 Å². The lowest BCUT2D eigenvalue weighted by Gasteiger charge is -1.80. The minimum atomic E-state index is -0.329. The molecule has 0 aliphatic carbocycles. The van der Waals surface area contributed by atoms with E-state index in [-0.39, 0.29) is 11.8 Å². The lowest BCUT2D eigenvalue weighted by molar-refractivity contribution is -0.123. The summed E-state index contributed by atoms with van der Waals surface area (Å²) in [6.07, 6.45) is 3.64. The first-order valence-electron chi connectivity index (χ1n) is 4.23. The number of rotatable bonds is 0. The number of imide groups is 1. The van der Waals surface area contributed by atoms with E-state index in [0.29, 0.717) is 0 Å². The van der Waals surface area contributed by atoms with Crippen LogP contribution < -0.4 is 5.32 Å². The summed E-state index contributed by atoms with van der Waals surface area (Å²) in [5.41, 5.74) is 0. The minimum absolute atomic E-state index is 0.329. The minimum Gasteiger partial charge on any atom is -0.289 e. The number of hydrogen-bond acceptors (Lipinski definition) is 2. The number of carbonyl (C=O) groups is 2. The van der Waals surface area contributed by atoms with Crippen molar-refractivity contribution in [1.82, 2.24) is 5.32 Å². The second kappa shape index (κ2) is 9.88. The highest BCUT2D eigenvalue weighted by atomic mass is 16.2. The molecule has 0 atom stereocenters. The van der Waals surface area contributed by atoms with Gasteiger partial charge in [-0.2, -0.15) is 0 Å². The molecule has 0 saturated carbocycles. The molecule has 1 rings (SSSR count). The van der Waals surface area contributed by atoms with Gasteiger partial charge < -0.3 is 0 Å². The molecule has 0 radical (unpaired) electrons. The maximum atomic E-state index is 10.0. The van der Waals surface area contributed by atoms with E-state index >= 15 is 0 Å². The summed E-state index contributed by atoms with van der Waals surface area (Å²) < 4.78 is 0. The van der Waals surface area contributed by atoms with Crippen LogP contribution in [0.3, 0.4) is 0 Å².